The normalized spacial score (nSPS) is 10.5. The van der Waals surface area contributed by atoms with E-state index >= 15 is 0 Å². The van der Waals surface area contributed by atoms with Crippen molar-refractivity contribution >= 4 is 22.9 Å². The monoisotopic (exact) mass is 297 g/mol. The predicted octanol–water partition coefficient (Wildman–Crippen LogP) is 3.63. The number of rotatable bonds is 4. The molecule has 0 fully saturated rings. The summed E-state index contributed by atoms with van der Waals surface area (Å²) in [5.74, 6) is 0.868. The first-order chi connectivity index (χ1) is 10.2. The van der Waals surface area contributed by atoms with Gasteiger partial charge in [-0.25, -0.2) is 4.98 Å². The van der Waals surface area contributed by atoms with Crippen molar-refractivity contribution in [1.82, 2.24) is 9.97 Å². The van der Waals surface area contributed by atoms with Crippen LogP contribution >= 0.6 is 11.3 Å². The maximum atomic E-state index is 12.0. The molecule has 4 nitrogen and oxygen atoms in total. The second-order valence-corrected chi connectivity index (χ2v) is 5.80. The third-order valence-electron chi connectivity index (χ3n) is 3.08. The van der Waals surface area contributed by atoms with E-state index in [1.165, 1.54) is 0 Å². The number of nitrogens with zero attached hydrogens (tertiary/aromatic N) is 1. The van der Waals surface area contributed by atoms with E-state index in [1.54, 1.807) is 17.5 Å². The summed E-state index contributed by atoms with van der Waals surface area (Å²) >= 11 is 1.59. The lowest BCUT2D eigenvalue weighted by Crippen LogP contribution is -2.13. The van der Waals surface area contributed by atoms with Gasteiger partial charge in [-0.2, -0.15) is 0 Å². The quantitative estimate of drug-likeness (QED) is 0.772. The van der Waals surface area contributed by atoms with Crippen molar-refractivity contribution in [3.8, 4) is 11.3 Å². The molecule has 3 aromatic rings. The third kappa shape index (κ3) is 3.38. The molecule has 3 rings (SSSR count). The average Bonchev–Trinajstić information content (AvgIpc) is 3.10. The van der Waals surface area contributed by atoms with E-state index < -0.39 is 0 Å². The smallest absolute Gasteiger partial charge is 0.229 e. The van der Waals surface area contributed by atoms with Crippen LogP contribution in [0.2, 0.25) is 0 Å². The molecule has 2 N–H and O–H groups in total. The Bertz CT molecular complexity index is 746. The van der Waals surface area contributed by atoms with Gasteiger partial charge in [0, 0.05) is 16.1 Å². The zero-order valence-electron chi connectivity index (χ0n) is 11.6. The number of hydrogen-bond donors (Lipinski definition) is 2. The fourth-order valence-electron chi connectivity index (χ4n) is 2.11. The van der Waals surface area contributed by atoms with Crippen molar-refractivity contribution in [1.29, 1.82) is 0 Å². The summed E-state index contributed by atoms with van der Waals surface area (Å²) in [7, 11) is 0. The lowest BCUT2D eigenvalue weighted by Gasteiger charge is -2.06. The number of anilines is 1. The van der Waals surface area contributed by atoms with E-state index in [2.05, 4.69) is 15.3 Å². The van der Waals surface area contributed by atoms with Crippen LogP contribution in [-0.2, 0) is 11.2 Å². The van der Waals surface area contributed by atoms with Gasteiger partial charge in [0.05, 0.1) is 18.3 Å². The number of nitrogens with one attached hydrogen (secondary N) is 2. The molecule has 0 spiro atoms. The van der Waals surface area contributed by atoms with Crippen molar-refractivity contribution in [2.75, 3.05) is 5.32 Å². The van der Waals surface area contributed by atoms with E-state index in [0.29, 0.717) is 6.42 Å². The molecule has 0 unspecified atom stereocenters. The molecular formula is C16H15N3OS. The highest BCUT2D eigenvalue weighted by Gasteiger charge is 2.06. The van der Waals surface area contributed by atoms with Crippen LogP contribution in [0.1, 0.15) is 10.7 Å². The Kier molecular flexibility index (Phi) is 3.83. The molecule has 0 aliphatic carbocycles. The number of H-pyrrole nitrogens is 1. The SMILES string of the molecule is Cc1ncc(-c2cccc(NC(=O)Cc3cccs3)c2)[nH]1. The number of thiophene rings is 1. The molecule has 1 aromatic carbocycles. The van der Waals surface area contributed by atoms with Gasteiger partial charge < -0.3 is 10.3 Å². The maximum Gasteiger partial charge on any atom is 0.229 e. The van der Waals surface area contributed by atoms with E-state index in [9.17, 15) is 4.79 Å². The van der Waals surface area contributed by atoms with Gasteiger partial charge >= 0.3 is 0 Å². The second kappa shape index (κ2) is 5.93. The lowest BCUT2D eigenvalue weighted by atomic mass is 10.1. The first kappa shape index (κ1) is 13.6. The van der Waals surface area contributed by atoms with Crippen molar-refractivity contribution in [3.05, 3.63) is 58.7 Å². The van der Waals surface area contributed by atoms with Crippen LogP contribution in [-0.4, -0.2) is 15.9 Å². The Balaban J connectivity index is 1.72. The number of aromatic nitrogens is 2. The Morgan fingerprint density at radius 3 is 2.95 bits per heavy atom. The van der Waals surface area contributed by atoms with Crippen LogP contribution in [0.5, 0.6) is 0 Å². The standard InChI is InChI=1S/C16H15N3OS/c1-11-17-10-15(18-11)12-4-2-5-13(8-12)19-16(20)9-14-6-3-7-21-14/h2-8,10H,9H2,1H3,(H,17,18)(H,19,20). The Morgan fingerprint density at radius 2 is 2.24 bits per heavy atom. The molecule has 2 aromatic heterocycles. The summed E-state index contributed by atoms with van der Waals surface area (Å²) in [6.07, 6.45) is 2.20. The van der Waals surface area contributed by atoms with E-state index in [-0.39, 0.29) is 5.91 Å². The number of carbonyl (C=O) groups is 1. The van der Waals surface area contributed by atoms with Gasteiger partial charge in [0.2, 0.25) is 5.91 Å². The summed E-state index contributed by atoms with van der Waals surface area (Å²) in [5, 5.41) is 4.91. The minimum atomic E-state index is -0.00427. The minimum absolute atomic E-state index is 0.00427. The molecule has 0 saturated carbocycles. The average molecular weight is 297 g/mol. The molecule has 1 amide bonds. The van der Waals surface area contributed by atoms with E-state index in [1.807, 2.05) is 48.7 Å². The topological polar surface area (TPSA) is 57.8 Å². The number of benzene rings is 1. The molecule has 0 aliphatic heterocycles. The van der Waals surface area contributed by atoms with Crippen LogP contribution in [0.4, 0.5) is 5.69 Å². The van der Waals surface area contributed by atoms with Crippen molar-refractivity contribution in [2.24, 2.45) is 0 Å². The highest BCUT2D eigenvalue weighted by molar-refractivity contribution is 7.10. The van der Waals surface area contributed by atoms with Gasteiger partial charge in [-0.15, -0.1) is 11.3 Å². The van der Waals surface area contributed by atoms with Gasteiger partial charge in [-0.1, -0.05) is 18.2 Å². The largest absolute Gasteiger partial charge is 0.342 e. The Hall–Kier alpha value is -2.40. The second-order valence-electron chi connectivity index (χ2n) is 4.77. The van der Waals surface area contributed by atoms with Crippen molar-refractivity contribution in [2.45, 2.75) is 13.3 Å². The first-order valence-corrected chi connectivity index (χ1v) is 7.53. The third-order valence-corrected chi connectivity index (χ3v) is 3.95. The van der Waals surface area contributed by atoms with Crippen LogP contribution < -0.4 is 5.32 Å². The predicted molar refractivity (Wildman–Crippen MR) is 85.4 cm³/mol. The van der Waals surface area contributed by atoms with Crippen LogP contribution in [0.3, 0.4) is 0 Å². The van der Waals surface area contributed by atoms with Crippen LogP contribution in [0.25, 0.3) is 11.3 Å². The van der Waals surface area contributed by atoms with Crippen LogP contribution in [0, 0.1) is 6.92 Å². The van der Waals surface area contributed by atoms with Crippen molar-refractivity contribution < 1.29 is 4.79 Å². The van der Waals surface area contributed by atoms with E-state index in [0.717, 1.165) is 27.6 Å². The highest BCUT2D eigenvalue weighted by atomic mass is 32.1. The minimum Gasteiger partial charge on any atom is -0.342 e. The summed E-state index contributed by atoms with van der Waals surface area (Å²) < 4.78 is 0. The highest BCUT2D eigenvalue weighted by Crippen LogP contribution is 2.21. The molecule has 0 bridgehead atoms. The molecule has 2 heterocycles. The summed E-state index contributed by atoms with van der Waals surface area (Å²) in [5.41, 5.74) is 2.74. The zero-order valence-corrected chi connectivity index (χ0v) is 12.4. The number of hydrogen-bond acceptors (Lipinski definition) is 3. The number of aromatic amines is 1. The summed E-state index contributed by atoms with van der Waals surface area (Å²) in [6, 6.07) is 11.7. The Labute approximate surface area is 126 Å². The number of imidazole rings is 1. The van der Waals surface area contributed by atoms with Gasteiger partial charge in [0.15, 0.2) is 0 Å². The van der Waals surface area contributed by atoms with Crippen molar-refractivity contribution in [3.63, 3.8) is 0 Å². The van der Waals surface area contributed by atoms with Gasteiger partial charge in [-0.05, 0) is 30.5 Å². The van der Waals surface area contributed by atoms with Crippen LogP contribution in [0.15, 0.2) is 48.0 Å². The van der Waals surface area contributed by atoms with E-state index in [4.69, 9.17) is 0 Å². The first-order valence-electron chi connectivity index (χ1n) is 6.65. The molecule has 0 saturated heterocycles. The Morgan fingerprint density at radius 1 is 1.33 bits per heavy atom. The maximum absolute atomic E-state index is 12.0. The number of carbonyl (C=O) groups excluding carboxylic acids is 1. The summed E-state index contributed by atoms with van der Waals surface area (Å²) in [6.45, 7) is 1.91. The lowest BCUT2D eigenvalue weighted by molar-refractivity contribution is -0.115. The van der Waals surface area contributed by atoms with Gasteiger partial charge in [0.1, 0.15) is 5.82 Å². The molecule has 21 heavy (non-hydrogen) atoms. The molecule has 0 radical (unpaired) electrons. The molecule has 5 heteroatoms. The molecule has 0 atom stereocenters. The number of aryl methyl sites for hydroxylation is 1. The van der Waals surface area contributed by atoms with Gasteiger partial charge in [-0.3, -0.25) is 4.79 Å². The zero-order chi connectivity index (χ0) is 14.7. The molecule has 0 aliphatic rings. The number of amides is 1. The molecule has 106 valence electrons. The fraction of sp³-hybridized carbons (Fsp3) is 0.125. The fourth-order valence-corrected chi connectivity index (χ4v) is 2.81. The molecular weight excluding hydrogens is 282 g/mol. The summed E-state index contributed by atoms with van der Waals surface area (Å²) in [4.78, 5) is 20.4. The van der Waals surface area contributed by atoms with Gasteiger partial charge in [0.25, 0.3) is 0 Å².